The minimum Gasteiger partial charge on any atom is -0.373 e. The van der Waals surface area contributed by atoms with Crippen LogP contribution in [0.1, 0.15) is 5.69 Å². The quantitative estimate of drug-likeness (QED) is 0.792. The molecule has 1 unspecified atom stereocenters. The summed E-state index contributed by atoms with van der Waals surface area (Å²) < 4.78 is 5.64. The van der Waals surface area contributed by atoms with Crippen LogP contribution in [0.25, 0.3) is 0 Å². The van der Waals surface area contributed by atoms with Crippen molar-refractivity contribution in [3.8, 4) is 0 Å². The number of hydrogen-bond acceptors (Lipinski definition) is 5. The van der Waals surface area contributed by atoms with Gasteiger partial charge in [0.25, 0.3) is 0 Å². The molecule has 2 rings (SSSR count). The standard InChI is InChI=1S/C11H18N4O/c1-9-3-4-13-11(14-9)15-5-6-16-10(8-15)7-12-2/h3-4,10,12H,5-8H2,1-2H3. The molecule has 1 atom stereocenters. The lowest BCUT2D eigenvalue weighted by atomic mass is 10.3. The summed E-state index contributed by atoms with van der Waals surface area (Å²) in [5.74, 6) is 0.810. The minimum atomic E-state index is 0.225. The molecule has 5 heteroatoms. The molecule has 0 saturated carbocycles. The molecule has 1 aromatic rings. The summed E-state index contributed by atoms with van der Waals surface area (Å²) in [7, 11) is 1.94. The molecule has 88 valence electrons. The second kappa shape index (κ2) is 5.23. The van der Waals surface area contributed by atoms with Gasteiger partial charge in [-0.2, -0.15) is 0 Å². The number of aromatic nitrogens is 2. The first kappa shape index (κ1) is 11.3. The van der Waals surface area contributed by atoms with Crippen molar-refractivity contribution < 1.29 is 4.74 Å². The van der Waals surface area contributed by atoms with E-state index >= 15 is 0 Å². The second-order valence-corrected chi connectivity index (χ2v) is 3.99. The van der Waals surface area contributed by atoms with Crippen LogP contribution in [-0.4, -0.2) is 49.4 Å². The number of nitrogens with one attached hydrogen (secondary N) is 1. The van der Waals surface area contributed by atoms with Gasteiger partial charge >= 0.3 is 0 Å². The lowest BCUT2D eigenvalue weighted by molar-refractivity contribution is 0.0416. The Kier molecular flexibility index (Phi) is 3.69. The highest BCUT2D eigenvalue weighted by Crippen LogP contribution is 2.12. The molecular formula is C11H18N4O. The van der Waals surface area contributed by atoms with Crippen LogP contribution in [0, 0.1) is 6.92 Å². The number of rotatable bonds is 3. The van der Waals surface area contributed by atoms with Crippen molar-refractivity contribution in [2.75, 3.05) is 38.2 Å². The average Bonchev–Trinajstić information content (AvgIpc) is 2.30. The third kappa shape index (κ3) is 2.68. The third-order valence-corrected chi connectivity index (χ3v) is 2.64. The second-order valence-electron chi connectivity index (χ2n) is 3.99. The summed E-state index contributed by atoms with van der Waals surface area (Å²) in [6.45, 7) is 5.30. The van der Waals surface area contributed by atoms with Crippen molar-refractivity contribution >= 4 is 5.95 Å². The summed E-state index contributed by atoms with van der Waals surface area (Å²) in [6.07, 6.45) is 2.03. The van der Waals surface area contributed by atoms with E-state index < -0.39 is 0 Å². The molecule has 0 amide bonds. The van der Waals surface area contributed by atoms with E-state index in [1.807, 2.05) is 20.0 Å². The highest BCUT2D eigenvalue weighted by Gasteiger charge is 2.21. The molecule has 16 heavy (non-hydrogen) atoms. The summed E-state index contributed by atoms with van der Waals surface area (Å²) in [6, 6.07) is 1.91. The number of likely N-dealkylation sites (N-methyl/N-ethyl adjacent to an activating group) is 1. The van der Waals surface area contributed by atoms with E-state index in [9.17, 15) is 0 Å². The molecular weight excluding hydrogens is 204 g/mol. The van der Waals surface area contributed by atoms with Gasteiger partial charge < -0.3 is 15.0 Å². The predicted octanol–water partition coefficient (Wildman–Crippen LogP) is 0.210. The van der Waals surface area contributed by atoms with Gasteiger partial charge in [-0.1, -0.05) is 0 Å². The molecule has 1 fully saturated rings. The smallest absolute Gasteiger partial charge is 0.225 e. The van der Waals surface area contributed by atoms with Gasteiger partial charge in [-0.05, 0) is 20.0 Å². The Morgan fingerprint density at radius 1 is 1.62 bits per heavy atom. The predicted molar refractivity (Wildman–Crippen MR) is 62.6 cm³/mol. The van der Waals surface area contributed by atoms with Crippen molar-refractivity contribution in [3.05, 3.63) is 18.0 Å². The molecule has 0 bridgehead atoms. The lowest BCUT2D eigenvalue weighted by Crippen LogP contribution is -2.46. The number of nitrogens with zero attached hydrogens (tertiary/aromatic N) is 3. The van der Waals surface area contributed by atoms with Crippen LogP contribution in [0.5, 0.6) is 0 Å². The van der Waals surface area contributed by atoms with Crippen LogP contribution in [0.2, 0.25) is 0 Å². The Balaban J connectivity index is 2.03. The SMILES string of the molecule is CNCC1CN(c2nccc(C)n2)CCO1. The maximum atomic E-state index is 5.64. The molecule has 0 radical (unpaired) electrons. The Hall–Kier alpha value is -1.20. The molecule has 2 heterocycles. The molecule has 1 aromatic heterocycles. The van der Waals surface area contributed by atoms with Crippen molar-refractivity contribution in [1.82, 2.24) is 15.3 Å². The largest absolute Gasteiger partial charge is 0.373 e. The molecule has 0 aromatic carbocycles. The maximum absolute atomic E-state index is 5.64. The number of hydrogen-bond donors (Lipinski definition) is 1. The number of ether oxygens (including phenoxy) is 1. The van der Waals surface area contributed by atoms with Gasteiger partial charge in [-0.15, -0.1) is 0 Å². The molecule has 5 nitrogen and oxygen atoms in total. The average molecular weight is 222 g/mol. The fourth-order valence-corrected chi connectivity index (χ4v) is 1.84. The van der Waals surface area contributed by atoms with Crippen LogP contribution in [0.15, 0.2) is 12.3 Å². The van der Waals surface area contributed by atoms with Gasteiger partial charge in [0.1, 0.15) is 0 Å². The van der Waals surface area contributed by atoms with Crippen LogP contribution in [0.3, 0.4) is 0 Å². The third-order valence-electron chi connectivity index (χ3n) is 2.64. The number of aryl methyl sites for hydroxylation is 1. The lowest BCUT2D eigenvalue weighted by Gasteiger charge is -2.32. The summed E-state index contributed by atoms with van der Waals surface area (Å²) in [5, 5.41) is 3.13. The van der Waals surface area contributed by atoms with Crippen molar-refractivity contribution in [2.45, 2.75) is 13.0 Å². The zero-order valence-corrected chi connectivity index (χ0v) is 9.81. The normalized spacial score (nSPS) is 21.1. The maximum Gasteiger partial charge on any atom is 0.225 e. The highest BCUT2D eigenvalue weighted by molar-refractivity contribution is 5.30. The van der Waals surface area contributed by atoms with Gasteiger partial charge in [0.2, 0.25) is 5.95 Å². The van der Waals surface area contributed by atoms with E-state index in [-0.39, 0.29) is 6.10 Å². The van der Waals surface area contributed by atoms with E-state index in [0.29, 0.717) is 0 Å². The molecule has 1 saturated heterocycles. The first-order chi connectivity index (χ1) is 7.79. The van der Waals surface area contributed by atoms with Gasteiger partial charge in [-0.3, -0.25) is 0 Å². The highest BCUT2D eigenvalue weighted by atomic mass is 16.5. The van der Waals surface area contributed by atoms with Crippen LogP contribution >= 0.6 is 0 Å². The van der Waals surface area contributed by atoms with Crippen molar-refractivity contribution in [1.29, 1.82) is 0 Å². The summed E-state index contributed by atoms with van der Waals surface area (Å²) in [4.78, 5) is 10.9. The van der Waals surface area contributed by atoms with E-state index in [0.717, 1.165) is 37.9 Å². The molecule has 1 aliphatic heterocycles. The number of morpholine rings is 1. The fourth-order valence-electron chi connectivity index (χ4n) is 1.84. The van der Waals surface area contributed by atoms with E-state index in [2.05, 4.69) is 20.2 Å². The Morgan fingerprint density at radius 2 is 2.50 bits per heavy atom. The van der Waals surface area contributed by atoms with Gasteiger partial charge in [0.05, 0.1) is 12.7 Å². The Morgan fingerprint density at radius 3 is 3.25 bits per heavy atom. The van der Waals surface area contributed by atoms with Gasteiger partial charge in [0.15, 0.2) is 0 Å². The monoisotopic (exact) mass is 222 g/mol. The molecule has 1 aliphatic rings. The zero-order chi connectivity index (χ0) is 11.4. The van der Waals surface area contributed by atoms with Crippen LogP contribution in [-0.2, 0) is 4.74 Å². The molecule has 1 N–H and O–H groups in total. The van der Waals surface area contributed by atoms with Crippen LogP contribution < -0.4 is 10.2 Å². The van der Waals surface area contributed by atoms with E-state index in [1.54, 1.807) is 6.20 Å². The Labute approximate surface area is 95.8 Å². The van der Waals surface area contributed by atoms with Crippen molar-refractivity contribution in [2.24, 2.45) is 0 Å². The Bertz CT molecular complexity index is 343. The topological polar surface area (TPSA) is 50.3 Å². The fraction of sp³-hybridized carbons (Fsp3) is 0.636. The molecule has 0 spiro atoms. The van der Waals surface area contributed by atoms with Crippen LogP contribution in [0.4, 0.5) is 5.95 Å². The van der Waals surface area contributed by atoms with Gasteiger partial charge in [0, 0.05) is 31.5 Å². The number of anilines is 1. The first-order valence-corrected chi connectivity index (χ1v) is 5.60. The van der Waals surface area contributed by atoms with E-state index in [1.165, 1.54) is 0 Å². The first-order valence-electron chi connectivity index (χ1n) is 5.60. The zero-order valence-electron chi connectivity index (χ0n) is 9.81. The van der Waals surface area contributed by atoms with E-state index in [4.69, 9.17) is 4.74 Å². The minimum absolute atomic E-state index is 0.225. The van der Waals surface area contributed by atoms with Crippen molar-refractivity contribution in [3.63, 3.8) is 0 Å². The summed E-state index contributed by atoms with van der Waals surface area (Å²) >= 11 is 0. The summed E-state index contributed by atoms with van der Waals surface area (Å²) in [5.41, 5.74) is 1.00. The molecule has 0 aliphatic carbocycles. The van der Waals surface area contributed by atoms with Gasteiger partial charge in [-0.25, -0.2) is 9.97 Å².